The Bertz CT molecular complexity index is 867. The zero-order chi connectivity index (χ0) is 17.3. The second-order valence-electron chi connectivity index (χ2n) is 5.50. The molecule has 0 aliphatic carbocycles. The highest BCUT2D eigenvalue weighted by atomic mass is 32.2. The van der Waals surface area contributed by atoms with Crippen LogP contribution < -0.4 is 5.73 Å². The van der Waals surface area contributed by atoms with Gasteiger partial charge in [-0.3, -0.25) is 10.1 Å². The van der Waals surface area contributed by atoms with Gasteiger partial charge in [-0.2, -0.15) is 0 Å². The van der Waals surface area contributed by atoms with Crippen molar-refractivity contribution in [1.29, 1.82) is 0 Å². The number of halogens is 1. The zero-order valence-corrected chi connectivity index (χ0v) is 13.6. The maximum atomic E-state index is 14.4. The van der Waals surface area contributed by atoms with Crippen LogP contribution in [0.15, 0.2) is 59.6 Å². The highest BCUT2D eigenvalue weighted by Gasteiger charge is 2.33. The molecule has 0 amide bonds. The molecule has 1 atom stereocenters. The number of rotatable bonds is 3. The van der Waals surface area contributed by atoms with Crippen molar-refractivity contribution in [3.8, 4) is 0 Å². The van der Waals surface area contributed by atoms with Crippen molar-refractivity contribution >= 4 is 27.5 Å². The molecular formula is C17H14FN3O2S. The number of hydrogen-bond donors (Lipinski definition) is 1. The first-order valence-corrected chi connectivity index (χ1v) is 7.96. The molecule has 2 aromatic rings. The molecular weight excluding hydrogens is 329 g/mol. The van der Waals surface area contributed by atoms with Gasteiger partial charge < -0.3 is 5.73 Å². The molecule has 0 saturated carbocycles. The predicted molar refractivity (Wildman–Crippen MR) is 94.0 cm³/mol. The van der Waals surface area contributed by atoms with Gasteiger partial charge in [0, 0.05) is 22.6 Å². The van der Waals surface area contributed by atoms with E-state index in [2.05, 4.69) is 4.99 Å². The molecule has 1 aliphatic rings. The Morgan fingerprint density at radius 1 is 1.25 bits per heavy atom. The van der Waals surface area contributed by atoms with Crippen molar-refractivity contribution < 1.29 is 9.31 Å². The van der Waals surface area contributed by atoms with Gasteiger partial charge in [-0.1, -0.05) is 42.1 Å². The maximum absolute atomic E-state index is 14.4. The van der Waals surface area contributed by atoms with E-state index in [1.54, 1.807) is 13.0 Å². The highest BCUT2D eigenvalue weighted by molar-refractivity contribution is 8.21. The fourth-order valence-corrected chi connectivity index (χ4v) is 3.58. The summed E-state index contributed by atoms with van der Waals surface area (Å²) >= 11 is 1.29. The number of nitrogens with zero attached hydrogens (tertiary/aromatic N) is 2. The quantitative estimate of drug-likeness (QED) is 0.673. The van der Waals surface area contributed by atoms with E-state index in [-0.39, 0.29) is 16.4 Å². The van der Waals surface area contributed by atoms with Gasteiger partial charge in [0.05, 0.1) is 4.92 Å². The molecule has 0 saturated heterocycles. The van der Waals surface area contributed by atoms with E-state index in [0.29, 0.717) is 0 Å². The summed E-state index contributed by atoms with van der Waals surface area (Å²) in [5, 5.41) is 11.3. The lowest BCUT2D eigenvalue weighted by Crippen LogP contribution is -2.26. The van der Waals surface area contributed by atoms with E-state index < -0.39 is 16.3 Å². The van der Waals surface area contributed by atoms with Crippen LogP contribution in [0.3, 0.4) is 0 Å². The Kier molecular flexibility index (Phi) is 4.11. The lowest BCUT2D eigenvalue weighted by Gasteiger charge is -2.28. The Morgan fingerprint density at radius 2 is 1.96 bits per heavy atom. The Labute approximate surface area is 142 Å². The monoisotopic (exact) mass is 343 g/mol. The summed E-state index contributed by atoms with van der Waals surface area (Å²) in [6, 6.07) is 12.9. The van der Waals surface area contributed by atoms with Crippen molar-refractivity contribution in [2.75, 3.05) is 0 Å². The van der Waals surface area contributed by atoms with Gasteiger partial charge in [-0.05, 0) is 24.6 Å². The summed E-state index contributed by atoms with van der Waals surface area (Å²) < 4.78 is 14.4. The molecule has 5 nitrogen and oxygen atoms in total. The third kappa shape index (κ3) is 3.03. The molecule has 1 aliphatic heterocycles. The smallest absolute Gasteiger partial charge is 0.270 e. The van der Waals surface area contributed by atoms with Crippen molar-refractivity contribution in [3.05, 3.63) is 81.7 Å². The van der Waals surface area contributed by atoms with Gasteiger partial charge in [0.1, 0.15) is 11.4 Å². The van der Waals surface area contributed by atoms with Crippen LogP contribution in [0.5, 0.6) is 0 Å². The number of benzene rings is 2. The average molecular weight is 343 g/mol. The largest absolute Gasteiger partial charge is 0.378 e. The first-order valence-electron chi connectivity index (χ1n) is 7.15. The van der Waals surface area contributed by atoms with Crippen LogP contribution in [0.4, 0.5) is 10.1 Å². The number of nitrogens with two attached hydrogens (primary N) is 1. The molecule has 24 heavy (non-hydrogen) atoms. The van der Waals surface area contributed by atoms with E-state index in [4.69, 9.17) is 5.73 Å². The van der Waals surface area contributed by atoms with Crippen LogP contribution in [-0.2, 0) is 5.54 Å². The number of thioether (sulfide) groups is 1. The van der Waals surface area contributed by atoms with Crippen LogP contribution in [0.2, 0.25) is 0 Å². The number of nitro benzene ring substituents is 1. The Balaban J connectivity index is 2.14. The molecule has 0 bridgehead atoms. The van der Waals surface area contributed by atoms with Crippen molar-refractivity contribution in [1.82, 2.24) is 0 Å². The summed E-state index contributed by atoms with van der Waals surface area (Å²) in [6.45, 7) is 1.69. The van der Waals surface area contributed by atoms with Crippen LogP contribution in [0.1, 0.15) is 18.1 Å². The SMILES string of the molecule is C[C@@]1(c2cc([N+](=O)[O-])ccc2F)C=C(c2ccccc2)SC(N)=N1. The van der Waals surface area contributed by atoms with Crippen LogP contribution in [-0.4, -0.2) is 10.1 Å². The molecule has 0 radical (unpaired) electrons. The topological polar surface area (TPSA) is 81.5 Å². The second kappa shape index (κ2) is 6.09. The minimum Gasteiger partial charge on any atom is -0.378 e. The molecule has 1 heterocycles. The van der Waals surface area contributed by atoms with E-state index in [1.165, 1.54) is 17.8 Å². The molecule has 2 aromatic carbocycles. The summed E-state index contributed by atoms with van der Waals surface area (Å²) in [4.78, 5) is 15.6. The molecule has 0 spiro atoms. The van der Waals surface area contributed by atoms with Gasteiger partial charge in [0.25, 0.3) is 5.69 Å². The van der Waals surface area contributed by atoms with Gasteiger partial charge >= 0.3 is 0 Å². The fraction of sp³-hybridized carbons (Fsp3) is 0.118. The number of non-ortho nitro benzene ring substituents is 1. The number of amidine groups is 1. The maximum Gasteiger partial charge on any atom is 0.270 e. The fourth-order valence-electron chi connectivity index (χ4n) is 2.58. The van der Waals surface area contributed by atoms with E-state index >= 15 is 0 Å². The first-order chi connectivity index (χ1) is 11.4. The van der Waals surface area contributed by atoms with Crippen molar-refractivity contribution in [2.45, 2.75) is 12.5 Å². The Hall–Kier alpha value is -2.67. The molecule has 0 fully saturated rings. The lowest BCUT2D eigenvalue weighted by atomic mass is 9.90. The summed E-state index contributed by atoms with van der Waals surface area (Å²) in [7, 11) is 0. The van der Waals surface area contributed by atoms with Crippen LogP contribution >= 0.6 is 11.8 Å². The standard InChI is InChI=1S/C17H14FN3O2S/c1-17(13-9-12(21(22)23)7-8-14(13)18)10-15(24-16(19)20-17)11-5-3-2-4-6-11/h2-10H,1H3,(H2,19,20)/t17-/m0/s1. The van der Waals surface area contributed by atoms with Gasteiger partial charge in [-0.15, -0.1) is 0 Å². The van der Waals surface area contributed by atoms with E-state index in [1.807, 2.05) is 30.3 Å². The first kappa shape index (κ1) is 16.2. The summed E-state index contributed by atoms with van der Waals surface area (Å²) in [5.74, 6) is -0.560. The third-order valence-electron chi connectivity index (χ3n) is 3.73. The number of aliphatic imine (C=N–C) groups is 1. The molecule has 0 unspecified atom stereocenters. The number of hydrogen-bond acceptors (Lipinski definition) is 5. The molecule has 2 N–H and O–H groups in total. The normalized spacial score (nSPS) is 20.2. The predicted octanol–water partition coefficient (Wildman–Crippen LogP) is 4.05. The molecule has 3 rings (SSSR count). The second-order valence-corrected chi connectivity index (χ2v) is 6.56. The molecule has 7 heteroatoms. The van der Waals surface area contributed by atoms with E-state index in [0.717, 1.165) is 22.6 Å². The number of nitro groups is 1. The molecule has 0 aromatic heterocycles. The van der Waals surface area contributed by atoms with Crippen molar-refractivity contribution in [2.24, 2.45) is 10.7 Å². The Morgan fingerprint density at radius 3 is 2.62 bits per heavy atom. The summed E-state index contributed by atoms with van der Waals surface area (Å²) in [5.41, 5.74) is 5.69. The van der Waals surface area contributed by atoms with Crippen molar-refractivity contribution in [3.63, 3.8) is 0 Å². The minimum atomic E-state index is -1.11. The van der Waals surface area contributed by atoms with Crippen LogP contribution in [0, 0.1) is 15.9 Å². The zero-order valence-electron chi connectivity index (χ0n) is 12.8. The lowest BCUT2D eigenvalue weighted by molar-refractivity contribution is -0.385. The highest BCUT2D eigenvalue weighted by Crippen LogP contribution is 2.42. The van der Waals surface area contributed by atoms with Gasteiger partial charge in [0.2, 0.25) is 0 Å². The average Bonchev–Trinajstić information content (AvgIpc) is 2.55. The summed E-state index contributed by atoms with van der Waals surface area (Å²) in [6.07, 6.45) is 1.78. The molecule has 122 valence electrons. The van der Waals surface area contributed by atoms with E-state index in [9.17, 15) is 14.5 Å². The van der Waals surface area contributed by atoms with Gasteiger partial charge in [0.15, 0.2) is 5.17 Å². The third-order valence-corrected chi connectivity index (χ3v) is 4.61. The van der Waals surface area contributed by atoms with Crippen LogP contribution in [0.25, 0.3) is 4.91 Å². The van der Waals surface area contributed by atoms with Gasteiger partial charge in [-0.25, -0.2) is 9.38 Å². The minimum absolute atomic E-state index is 0.119.